The molecule has 0 saturated carbocycles. The van der Waals surface area contributed by atoms with Crippen molar-refractivity contribution >= 4 is 5.91 Å². The van der Waals surface area contributed by atoms with Gasteiger partial charge in [0, 0.05) is 6.54 Å². The average Bonchev–Trinajstić information content (AvgIpc) is 2.27. The van der Waals surface area contributed by atoms with E-state index in [2.05, 4.69) is 11.9 Å². The fourth-order valence-electron chi connectivity index (χ4n) is 1.31. The van der Waals surface area contributed by atoms with Crippen molar-refractivity contribution in [3.63, 3.8) is 0 Å². The Hall–Kier alpha value is -1.77. The number of hydrogen-bond donors (Lipinski definition) is 1. The first kappa shape index (κ1) is 13.3. The molecule has 3 nitrogen and oxygen atoms in total. The van der Waals surface area contributed by atoms with Gasteiger partial charge in [0.25, 0.3) is 5.91 Å². The number of nitrogens with one attached hydrogen (secondary N) is 1. The third-order valence-electron chi connectivity index (χ3n) is 2.29. The Morgan fingerprint density at radius 1 is 1.41 bits per heavy atom. The maximum Gasteiger partial charge on any atom is 0.258 e. The monoisotopic (exact) mass is 233 g/mol. The lowest BCUT2D eigenvalue weighted by Gasteiger charge is -2.10. The molecule has 17 heavy (non-hydrogen) atoms. The minimum Gasteiger partial charge on any atom is -0.483 e. The lowest BCUT2D eigenvalue weighted by Crippen LogP contribution is -2.30. The van der Waals surface area contributed by atoms with Crippen LogP contribution in [0.4, 0.5) is 0 Å². The smallest absolute Gasteiger partial charge is 0.258 e. The van der Waals surface area contributed by atoms with Gasteiger partial charge >= 0.3 is 0 Å². The van der Waals surface area contributed by atoms with Crippen LogP contribution in [0.3, 0.4) is 0 Å². The van der Waals surface area contributed by atoms with E-state index >= 15 is 0 Å². The Labute approximate surface area is 102 Å². The highest BCUT2D eigenvalue weighted by Crippen LogP contribution is 2.18. The number of amides is 1. The topological polar surface area (TPSA) is 38.3 Å². The molecule has 0 fully saturated rings. The van der Waals surface area contributed by atoms with Crippen LogP contribution in [0.2, 0.25) is 0 Å². The molecule has 92 valence electrons. The van der Waals surface area contributed by atoms with Gasteiger partial charge in [0.05, 0.1) is 0 Å². The van der Waals surface area contributed by atoms with Gasteiger partial charge in [-0.2, -0.15) is 0 Å². The van der Waals surface area contributed by atoms with E-state index in [0.717, 1.165) is 22.4 Å². The van der Waals surface area contributed by atoms with Crippen LogP contribution in [0, 0.1) is 13.8 Å². The van der Waals surface area contributed by atoms with Crippen LogP contribution in [0.25, 0.3) is 0 Å². The molecule has 0 bridgehead atoms. The molecule has 1 rings (SSSR count). The maximum absolute atomic E-state index is 11.4. The number of benzene rings is 1. The molecular formula is C14H19NO2. The van der Waals surface area contributed by atoms with Crippen LogP contribution in [0.1, 0.15) is 18.1 Å². The molecule has 0 spiro atoms. The zero-order valence-corrected chi connectivity index (χ0v) is 10.7. The summed E-state index contributed by atoms with van der Waals surface area (Å²) in [5.74, 6) is 0.629. The van der Waals surface area contributed by atoms with Crippen molar-refractivity contribution in [2.45, 2.75) is 20.8 Å². The molecule has 0 atom stereocenters. The summed E-state index contributed by atoms with van der Waals surface area (Å²) in [7, 11) is 0. The quantitative estimate of drug-likeness (QED) is 0.793. The van der Waals surface area contributed by atoms with E-state index in [1.165, 1.54) is 0 Å². The number of carbonyl (C=O) groups is 1. The van der Waals surface area contributed by atoms with E-state index < -0.39 is 0 Å². The van der Waals surface area contributed by atoms with E-state index in [9.17, 15) is 4.79 Å². The van der Waals surface area contributed by atoms with Crippen molar-refractivity contribution in [1.29, 1.82) is 0 Å². The number of hydrogen-bond acceptors (Lipinski definition) is 2. The Bertz CT molecular complexity index is 424. The summed E-state index contributed by atoms with van der Waals surface area (Å²) in [5, 5.41) is 2.72. The highest BCUT2D eigenvalue weighted by atomic mass is 16.5. The Morgan fingerprint density at radius 2 is 2.12 bits per heavy atom. The fraction of sp³-hybridized carbons (Fsp3) is 0.357. The third kappa shape index (κ3) is 4.72. The largest absolute Gasteiger partial charge is 0.483 e. The van der Waals surface area contributed by atoms with Crippen LogP contribution < -0.4 is 10.1 Å². The molecule has 1 aromatic carbocycles. The highest BCUT2D eigenvalue weighted by Gasteiger charge is 2.04. The number of carbonyl (C=O) groups excluding carboxylic acids is 1. The first-order valence-corrected chi connectivity index (χ1v) is 5.60. The van der Waals surface area contributed by atoms with Gasteiger partial charge in [-0.1, -0.05) is 24.3 Å². The molecule has 0 aliphatic rings. The summed E-state index contributed by atoms with van der Waals surface area (Å²) in [6, 6.07) is 5.93. The van der Waals surface area contributed by atoms with E-state index in [-0.39, 0.29) is 12.5 Å². The van der Waals surface area contributed by atoms with Gasteiger partial charge in [-0.15, -0.1) is 0 Å². The van der Waals surface area contributed by atoms with Gasteiger partial charge < -0.3 is 10.1 Å². The summed E-state index contributed by atoms with van der Waals surface area (Å²) in [5.41, 5.74) is 3.07. The molecule has 3 heteroatoms. The van der Waals surface area contributed by atoms with Crippen LogP contribution in [0.15, 0.2) is 30.4 Å². The second-order valence-corrected chi connectivity index (χ2v) is 4.29. The molecular weight excluding hydrogens is 214 g/mol. The maximum atomic E-state index is 11.4. The van der Waals surface area contributed by atoms with Crippen molar-refractivity contribution < 1.29 is 9.53 Å². The number of ether oxygens (including phenoxy) is 1. The molecule has 0 aliphatic heterocycles. The Kier molecular flexibility index (Phi) is 4.76. The van der Waals surface area contributed by atoms with Gasteiger partial charge in [0.1, 0.15) is 5.75 Å². The van der Waals surface area contributed by atoms with Crippen molar-refractivity contribution in [3.8, 4) is 5.75 Å². The van der Waals surface area contributed by atoms with Crippen LogP contribution in [-0.2, 0) is 4.79 Å². The molecule has 0 saturated heterocycles. The number of aryl methyl sites for hydroxylation is 2. The molecule has 0 heterocycles. The zero-order valence-electron chi connectivity index (χ0n) is 10.7. The summed E-state index contributed by atoms with van der Waals surface area (Å²) in [4.78, 5) is 11.4. The molecule has 0 aromatic heterocycles. The predicted molar refractivity (Wildman–Crippen MR) is 69.2 cm³/mol. The van der Waals surface area contributed by atoms with Crippen molar-refractivity contribution in [2.75, 3.05) is 13.2 Å². The highest BCUT2D eigenvalue weighted by molar-refractivity contribution is 5.77. The second-order valence-electron chi connectivity index (χ2n) is 4.29. The van der Waals surface area contributed by atoms with Gasteiger partial charge in [-0.05, 0) is 38.0 Å². The lowest BCUT2D eigenvalue weighted by molar-refractivity contribution is -0.122. The van der Waals surface area contributed by atoms with E-state index in [4.69, 9.17) is 4.74 Å². The van der Waals surface area contributed by atoms with E-state index in [1.54, 1.807) is 0 Å². The molecule has 0 radical (unpaired) electrons. The molecule has 0 unspecified atom stereocenters. The average molecular weight is 233 g/mol. The van der Waals surface area contributed by atoms with Crippen molar-refractivity contribution in [3.05, 3.63) is 41.5 Å². The Morgan fingerprint density at radius 3 is 2.76 bits per heavy atom. The van der Waals surface area contributed by atoms with E-state index in [0.29, 0.717) is 6.54 Å². The Balaban J connectivity index is 2.47. The zero-order chi connectivity index (χ0) is 12.8. The van der Waals surface area contributed by atoms with Gasteiger partial charge in [0.15, 0.2) is 6.61 Å². The van der Waals surface area contributed by atoms with E-state index in [1.807, 2.05) is 39.0 Å². The van der Waals surface area contributed by atoms with Crippen LogP contribution in [-0.4, -0.2) is 19.1 Å². The van der Waals surface area contributed by atoms with Crippen LogP contribution in [0.5, 0.6) is 5.75 Å². The molecule has 1 N–H and O–H groups in total. The van der Waals surface area contributed by atoms with Gasteiger partial charge in [-0.3, -0.25) is 4.79 Å². The first-order chi connectivity index (χ1) is 7.99. The lowest BCUT2D eigenvalue weighted by atomic mass is 10.1. The van der Waals surface area contributed by atoms with Gasteiger partial charge in [-0.25, -0.2) is 0 Å². The number of rotatable bonds is 5. The molecule has 1 aromatic rings. The molecule has 1 amide bonds. The summed E-state index contributed by atoms with van der Waals surface area (Å²) in [6.07, 6.45) is 0. The van der Waals surface area contributed by atoms with Gasteiger partial charge in [0.2, 0.25) is 0 Å². The van der Waals surface area contributed by atoms with Crippen molar-refractivity contribution in [2.24, 2.45) is 0 Å². The SMILES string of the molecule is C=C(C)CNC(=O)COc1cc(C)ccc1C. The molecule has 0 aliphatic carbocycles. The van der Waals surface area contributed by atoms with Crippen LogP contribution >= 0.6 is 0 Å². The minimum absolute atomic E-state index is 0.0393. The normalized spacial score (nSPS) is 9.82. The minimum atomic E-state index is -0.131. The fourth-order valence-corrected chi connectivity index (χ4v) is 1.31. The van der Waals surface area contributed by atoms with Crippen molar-refractivity contribution in [1.82, 2.24) is 5.32 Å². The summed E-state index contributed by atoms with van der Waals surface area (Å²) in [6.45, 7) is 10.1. The summed E-state index contributed by atoms with van der Waals surface area (Å²) < 4.78 is 5.47. The summed E-state index contributed by atoms with van der Waals surface area (Å²) >= 11 is 0. The standard InChI is InChI=1S/C14H19NO2/c1-10(2)8-15-14(16)9-17-13-7-11(3)5-6-12(13)4/h5-7H,1,8-9H2,2-4H3,(H,15,16). The first-order valence-electron chi connectivity index (χ1n) is 5.60. The third-order valence-corrected chi connectivity index (χ3v) is 2.29. The predicted octanol–water partition coefficient (Wildman–Crippen LogP) is 2.37. The second kappa shape index (κ2) is 6.09.